The van der Waals surface area contributed by atoms with Crippen molar-refractivity contribution in [3.8, 4) is 5.69 Å². The number of hydrogen-bond acceptors (Lipinski definition) is 4. The smallest absolute Gasteiger partial charge is 0.273 e. The number of fused-ring (bicyclic) bond motifs is 1. The van der Waals surface area contributed by atoms with Crippen LogP contribution < -0.4 is 11.0 Å². The van der Waals surface area contributed by atoms with Gasteiger partial charge in [0.2, 0.25) is 5.91 Å². The van der Waals surface area contributed by atoms with Gasteiger partial charge in [0.15, 0.2) is 5.65 Å². The number of carbonyl (C=O) groups excluding carboxylic acids is 1. The molecule has 0 atom stereocenters. The van der Waals surface area contributed by atoms with Gasteiger partial charge >= 0.3 is 0 Å². The predicted molar refractivity (Wildman–Crippen MR) is 91.7 cm³/mol. The number of rotatable bonds is 2. The third-order valence-corrected chi connectivity index (χ3v) is 3.67. The maximum absolute atomic E-state index is 12.5. The summed E-state index contributed by atoms with van der Waals surface area (Å²) in [6, 6.07) is 7.76. The molecule has 1 amide bonds. The second kappa shape index (κ2) is 5.59. The van der Waals surface area contributed by atoms with Crippen LogP contribution in [0.4, 0.5) is 0 Å². The van der Waals surface area contributed by atoms with Gasteiger partial charge in [0, 0.05) is 5.41 Å². The Morgan fingerprint density at radius 2 is 1.83 bits per heavy atom. The highest BCUT2D eigenvalue weighted by molar-refractivity contribution is 5.88. The fourth-order valence-electron chi connectivity index (χ4n) is 2.14. The molecule has 0 bridgehead atoms. The Kier molecular flexibility index (Phi) is 3.71. The molecule has 7 nitrogen and oxygen atoms in total. The van der Waals surface area contributed by atoms with Crippen molar-refractivity contribution in [2.45, 2.75) is 27.7 Å². The average Bonchev–Trinajstić information content (AvgIpc) is 2.94. The van der Waals surface area contributed by atoms with Gasteiger partial charge < -0.3 is 0 Å². The molecule has 0 aliphatic carbocycles. The first-order chi connectivity index (χ1) is 11.3. The molecular formula is C17H19N5O2. The summed E-state index contributed by atoms with van der Waals surface area (Å²) >= 11 is 0. The van der Waals surface area contributed by atoms with Crippen LogP contribution >= 0.6 is 0 Å². The molecule has 1 N–H and O–H groups in total. The normalized spacial score (nSPS) is 11.7. The number of hydrogen-bond donors (Lipinski definition) is 1. The zero-order chi connectivity index (χ0) is 17.5. The van der Waals surface area contributed by atoms with Crippen LogP contribution in [0, 0.1) is 12.3 Å². The van der Waals surface area contributed by atoms with E-state index >= 15 is 0 Å². The van der Waals surface area contributed by atoms with Crippen molar-refractivity contribution in [3.63, 3.8) is 0 Å². The average molecular weight is 325 g/mol. The molecule has 0 aliphatic rings. The van der Waals surface area contributed by atoms with Crippen LogP contribution in [0.2, 0.25) is 0 Å². The lowest BCUT2D eigenvalue weighted by Gasteiger charge is -2.18. The largest absolute Gasteiger partial charge is 0.283 e. The molecule has 2 aromatic heterocycles. The summed E-state index contributed by atoms with van der Waals surface area (Å²) in [5.74, 6) is -0.267. The highest BCUT2D eigenvalue weighted by Gasteiger charge is 2.22. The third kappa shape index (κ3) is 2.80. The van der Waals surface area contributed by atoms with E-state index in [1.807, 2.05) is 31.2 Å². The first kappa shape index (κ1) is 15.9. The standard InChI is InChI=1S/C17H19N5O2/c1-11-5-7-12(8-6-11)22-14-13(9-19-22)15(23)21(10-18-14)20-16(24)17(2,3)4/h5-10H,1-4H3,(H,20,24). The van der Waals surface area contributed by atoms with Gasteiger partial charge in [-0.05, 0) is 19.1 Å². The molecule has 1 aromatic carbocycles. The molecule has 24 heavy (non-hydrogen) atoms. The molecule has 0 fully saturated rings. The van der Waals surface area contributed by atoms with Crippen LogP contribution in [0.3, 0.4) is 0 Å². The molecule has 0 saturated heterocycles. The van der Waals surface area contributed by atoms with E-state index in [2.05, 4.69) is 15.5 Å². The maximum atomic E-state index is 12.5. The van der Waals surface area contributed by atoms with Crippen LogP contribution in [0.25, 0.3) is 16.7 Å². The van der Waals surface area contributed by atoms with Gasteiger partial charge in [0.1, 0.15) is 11.7 Å². The Bertz CT molecular complexity index is 961. The molecule has 0 saturated carbocycles. The summed E-state index contributed by atoms with van der Waals surface area (Å²) in [5.41, 5.74) is 3.99. The lowest BCUT2D eigenvalue weighted by molar-refractivity contribution is -0.124. The van der Waals surface area contributed by atoms with E-state index in [4.69, 9.17) is 0 Å². The molecule has 7 heteroatoms. The number of benzene rings is 1. The number of aromatic nitrogens is 4. The molecule has 3 aromatic rings. The van der Waals surface area contributed by atoms with Gasteiger partial charge in [-0.15, -0.1) is 0 Å². The SMILES string of the molecule is Cc1ccc(-n2ncc3c(=O)n(NC(=O)C(C)(C)C)cnc32)cc1. The minimum absolute atomic E-state index is 0.267. The fraction of sp³-hybridized carbons (Fsp3) is 0.294. The van der Waals surface area contributed by atoms with Crippen LogP contribution in [0.5, 0.6) is 0 Å². The number of amides is 1. The summed E-state index contributed by atoms with van der Waals surface area (Å²) < 4.78 is 2.70. The fourth-order valence-corrected chi connectivity index (χ4v) is 2.14. The molecule has 0 spiro atoms. The molecule has 124 valence electrons. The summed E-state index contributed by atoms with van der Waals surface area (Å²) in [6.45, 7) is 7.32. The van der Waals surface area contributed by atoms with E-state index in [-0.39, 0.29) is 11.5 Å². The van der Waals surface area contributed by atoms with Gasteiger partial charge in [0.25, 0.3) is 5.56 Å². The zero-order valence-corrected chi connectivity index (χ0v) is 14.1. The van der Waals surface area contributed by atoms with E-state index in [1.165, 1.54) is 12.5 Å². The Hall–Kier alpha value is -2.96. The molecule has 0 radical (unpaired) electrons. The highest BCUT2D eigenvalue weighted by atomic mass is 16.2. The molecule has 2 heterocycles. The van der Waals surface area contributed by atoms with Crippen molar-refractivity contribution in [3.05, 3.63) is 52.7 Å². The lowest BCUT2D eigenvalue weighted by Crippen LogP contribution is -2.39. The van der Waals surface area contributed by atoms with E-state index in [9.17, 15) is 9.59 Å². The first-order valence-electron chi connectivity index (χ1n) is 7.61. The van der Waals surface area contributed by atoms with Crippen molar-refractivity contribution in [1.29, 1.82) is 0 Å². The van der Waals surface area contributed by atoms with Crippen LogP contribution in [-0.4, -0.2) is 25.3 Å². The minimum atomic E-state index is -0.611. The van der Waals surface area contributed by atoms with Crippen molar-refractivity contribution in [2.24, 2.45) is 5.41 Å². The van der Waals surface area contributed by atoms with Crippen molar-refractivity contribution in [2.75, 3.05) is 5.43 Å². The summed E-state index contributed by atoms with van der Waals surface area (Å²) in [4.78, 5) is 28.9. The zero-order valence-electron chi connectivity index (χ0n) is 14.1. The monoisotopic (exact) mass is 325 g/mol. The van der Waals surface area contributed by atoms with Gasteiger partial charge in [0.05, 0.1) is 11.9 Å². The predicted octanol–water partition coefficient (Wildman–Crippen LogP) is 2.01. The van der Waals surface area contributed by atoms with E-state index in [1.54, 1.807) is 25.5 Å². The Labute approximate surface area is 138 Å². The van der Waals surface area contributed by atoms with Crippen molar-refractivity contribution in [1.82, 2.24) is 19.4 Å². The van der Waals surface area contributed by atoms with Crippen molar-refractivity contribution < 1.29 is 4.79 Å². The van der Waals surface area contributed by atoms with Crippen LogP contribution in [0.1, 0.15) is 26.3 Å². The van der Waals surface area contributed by atoms with E-state index in [0.717, 1.165) is 15.9 Å². The Morgan fingerprint density at radius 3 is 2.46 bits per heavy atom. The summed E-state index contributed by atoms with van der Waals surface area (Å²) in [5, 5.41) is 4.59. The quantitative estimate of drug-likeness (QED) is 0.781. The van der Waals surface area contributed by atoms with Gasteiger partial charge in [-0.25, -0.2) is 14.3 Å². The van der Waals surface area contributed by atoms with E-state index < -0.39 is 5.41 Å². The number of nitrogens with zero attached hydrogens (tertiary/aromatic N) is 4. The van der Waals surface area contributed by atoms with Gasteiger partial charge in [-0.3, -0.25) is 15.0 Å². The highest BCUT2D eigenvalue weighted by Crippen LogP contribution is 2.15. The van der Waals surface area contributed by atoms with Crippen LogP contribution in [-0.2, 0) is 4.79 Å². The maximum Gasteiger partial charge on any atom is 0.283 e. The number of carbonyl (C=O) groups is 1. The molecular weight excluding hydrogens is 306 g/mol. The second-order valence-electron chi connectivity index (χ2n) is 6.74. The Balaban J connectivity index is 2.04. The second-order valence-corrected chi connectivity index (χ2v) is 6.74. The van der Waals surface area contributed by atoms with Crippen LogP contribution in [0.15, 0.2) is 41.6 Å². The third-order valence-electron chi connectivity index (χ3n) is 3.67. The summed E-state index contributed by atoms with van der Waals surface area (Å²) in [6.07, 6.45) is 2.77. The molecule has 0 aliphatic heterocycles. The number of nitrogens with one attached hydrogen (secondary N) is 1. The van der Waals surface area contributed by atoms with Gasteiger partial charge in [-0.1, -0.05) is 38.5 Å². The minimum Gasteiger partial charge on any atom is -0.273 e. The number of aryl methyl sites for hydroxylation is 1. The van der Waals surface area contributed by atoms with Crippen molar-refractivity contribution >= 4 is 16.9 Å². The molecule has 3 rings (SSSR count). The topological polar surface area (TPSA) is 81.8 Å². The Morgan fingerprint density at radius 1 is 1.17 bits per heavy atom. The lowest BCUT2D eigenvalue weighted by atomic mass is 9.96. The first-order valence-corrected chi connectivity index (χ1v) is 7.61. The van der Waals surface area contributed by atoms with E-state index in [0.29, 0.717) is 11.0 Å². The molecule has 0 unspecified atom stereocenters. The summed E-state index contributed by atoms with van der Waals surface area (Å²) in [7, 11) is 0. The van der Waals surface area contributed by atoms with Gasteiger partial charge in [-0.2, -0.15) is 5.10 Å².